The molecule has 0 spiro atoms. The molecule has 0 aromatic heterocycles. The minimum Gasteiger partial charge on any atom is -0.478 e. The summed E-state index contributed by atoms with van der Waals surface area (Å²) in [6.45, 7) is 1.81. The Labute approximate surface area is 114 Å². The topological polar surface area (TPSA) is 66.8 Å². The number of carbonyl (C=O) groups is 2. The number of nitrogens with zero attached hydrogens (tertiary/aromatic N) is 1. The molecular weight excluding hydrogens is 281 g/mol. The van der Waals surface area contributed by atoms with Gasteiger partial charge >= 0.3 is 12.1 Å². The fraction of sp³-hybridized carbons (Fsp3) is 0.273. The van der Waals surface area contributed by atoms with E-state index in [1.807, 2.05) is 0 Å². The molecule has 0 heterocycles. The lowest BCUT2D eigenvalue weighted by Gasteiger charge is -2.20. The SMILES string of the molecule is CCOC(=O)N(C)c1c(C(=O)O)ccc(Cl)c1Cl. The van der Waals surface area contributed by atoms with Crippen molar-refractivity contribution in [3.05, 3.63) is 27.7 Å². The summed E-state index contributed by atoms with van der Waals surface area (Å²) in [5, 5.41) is 9.21. The van der Waals surface area contributed by atoms with Crippen LogP contribution in [0.3, 0.4) is 0 Å². The molecule has 1 aromatic rings. The van der Waals surface area contributed by atoms with Gasteiger partial charge in [0.05, 0.1) is 27.9 Å². The van der Waals surface area contributed by atoms with Crippen molar-refractivity contribution in [3.8, 4) is 0 Å². The summed E-state index contributed by atoms with van der Waals surface area (Å²) in [4.78, 5) is 23.7. The minimum atomic E-state index is -1.21. The van der Waals surface area contributed by atoms with Gasteiger partial charge in [0, 0.05) is 7.05 Å². The Balaban J connectivity index is 3.32. The molecule has 0 radical (unpaired) electrons. The number of benzene rings is 1. The summed E-state index contributed by atoms with van der Waals surface area (Å²) in [6, 6.07) is 2.64. The van der Waals surface area contributed by atoms with Gasteiger partial charge in [-0.25, -0.2) is 9.59 Å². The van der Waals surface area contributed by atoms with Crippen LogP contribution in [-0.4, -0.2) is 30.8 Å². The first-order valence-electron chi connectivity index (χ1n) is 5.01. The molecule has 0 aliphatic heterocycles. The molecule has 7 heteroatoms. The van der Waals surface area contributed by atoms with Crippen LogP contribution in [0.25, 0.3) is 0 Å². The number of carboxylic acid groups (broad SMARTS) is 1. The normalized spacial score (nSPS) is 10.0. The molecule has 0 saturated carbocycles. The highest BCUT2D eigenvalue weighted by Crippen LogP contribution is 2.35. The van der Waals surface area contributed by atoms with E-state index in [9.17, 15) is 9.59 Å². The lowest BCUT2D eigenvalue weighted by Crippen LogP contribution is -2.29. The first-order chi connectivity index (χ1) is 8.40. The summed E-state index contributed by atoms with van der Waals surface area (Å²) in [6.07, 6.45) is -0.704. The molecule has 5 nitrogen and oxygen atoms in total. The summed E-state index contributed by atoms with van der Waals surface area (Å²) in [5.74, 6) is -1.21. The number of halogens is 2. The number of carbonyl (C=O) groups excluding carboxylic acids is 1. The molecule has 0 bridgehead atoms. The zero-order valence-corrected chi connectivity index (χ0v) is 11.2. The largest absolute Gasteiger partial charge is 0.478 e. The molecule has 1 amide bonds. The Morgan fingerprint density at radius 1 is 1.39 bits per heavy atom. The second-order valence-electron chi connectivity index (χ2n) is 3.32. The quantitative estimate of drug-likeness (QED) is 0.928. The highest BCUT2D eigenvalue weighted by atomic mass is 35.5. The summed E-state index contributed by atoms with van der Waals surface area (Å²) >= 11 is 11.7. The predicted molar refractivity (Wildman–Crippen MR) is 68.8 cm³/mol. The molecule has 0 saturated heterocycles. The molecule has 1 aromatic carbocycles. The van der Waals surface area contributed by atoms with Crippen molar-refractivity contribution in [2.75, 3.05) is 18.6 Å². The maximum atomic E-state index is 11.6. The van der Waals surface area contributed by atoms with Crippen molar-refractivity contribution in [2.45, 2.75) is 6.92 Å². The van der Waals surface area contributed by atoms with Crippen LogP contribution >= 0.6 is 23.2 Å². The third kappa shape index (κ3) is 2.86. The Hall–Kier alpha value is -1.46. The average molecular weight is 292 g/mol. The Bertz CT molecular complexity index is 490. The van der Waals surface area contributed by atoms with E-state index in [1.54, 1.807) is 6.92 Å². The number of ether oxygens (including phenoxy) is 1. The summed E-state index contributed by atoms with van der Waals surface area (Å²) in [7, 11) is 1.36. The first-order valence-corrected chi connectivity index (χ1v) is 5.77. The average Bonchev–Trinajstić information content (AvgIpc) is 2.31. The van der Waals surface area contributed by atoms with E-state index in [0.29, 0.717) is 0 Å². The van der Waals surface area contributed by atoms with E-state index in [1.165, 1.54) is 19.2 Å². The van der Waals surface area contributed by atoms with Crippen molar-refractivity contribution < 1.29 is 19.4 Å². The monoisotopic (exact) mass is 291 g/mol. The van der Waals surface area contributed by atoms with Gasteiger partial charge in [-0.3, -0.25) is 4.90 Å². The third-order valence-electron chi connectivity index (χ3n) is 2.18. The number of carboxylic acids is 1. The van der Waals surface area contributed by atoms with Crippen LogP contribution in [0, 0.1) is 0 Å². The van der Waals surface area contributed by atoms with Crippen molar-refractivity contribution in [3.63, 3.8) is 0 Å². The maximum absolute atomic E-state index is 11.6. The van der Waals surface area contributed by atoms with Gasteiger partial charge in [-0.1, -0.05) is 23.2 Å². The van der Waals surface area contributed by atoms with Gasteiger partial charge in [-0.05, 0) is 19.1 Å². The van der Waals surface area contributed by atoms with Crippen LogP contribution in [-0.2, 0) is 4.74 Å². The molecule has 18 heavy (non-hydrogen) atoms. The van der Waals surface area contributed by atoms with E-state index in [2.05, 4.69) is 0 Å². The third-order valence-corrected chi connectivity index (χ3v) is 2.97. The summed E-state index contributed by atoms with van der Waals surface area (Å²) < 4.78 is 4.78. The first kappa shape index (κ1) is 14.6. The lowest BCUT2D eigenvalue weighted by atomic mass is 10.1. The van der Waals surface area contributed by atoms with E-state index >= 15 is 0 Å². The number of aromatic carboxylic acids is 1. The Morgan fingerprint density at radius 2 is 2.00 bits per heavy atom. The molecule has 1 rings (SSSR count). The zero-order chi connectivity index (χ0) is 13.9. The molecule has 0 aliphatic rings. The van der Waals surface area contributed by atoms with Crippen molar-refractivity contribution in [2.24, 2.45) is 0 Å². The number of hydrogen-bond donors (Lipinski definition) is 1. The predicted octanol–water partition coefficient (Wildman–Crippen LogP) is 3.28. The molecule has 1 N–H and O–H groups in total. The van der Waals surface area contributed by atoms with E-state index < -0.39 is 12.1 Å². The van der Waals surface area contributed by atoms with E-state index in [-0.39, 0.29) is 27.9 Å². The van der Waals surface area contributed by atoms with Gasteiger partial charge in [0.25, 0.3) is 0 Å². The van der Waals surface area contributed by atoms with Gasteiger partial charge in [-0.15, -0.1) is 0 Å². The molecule has 0 atom stereocenters. The van der Waals surface area contributed by atoms with Gasteiger partial charge in [0.15, 0.2) is 0 Å². The molecule has 0 aliphatic carbocycles. The highest BCUT2D eigenvalue weighted by Gasteiger charge is 2.23. The van der Waals surface area contributed by atoms with Crippen molar-refractivity contribution in [1.82, 2.24) is 0 Å². The fourth-order valence-electron chi connectivity index (χ4n) is 1.35. The fourth-order valence-corrected chi connectivity index (χ4v) is 1.80. The van der Waals surface area contributed by atoms with Gasteiger partial charge in [-0.2, -0.15) is 0 Å². The zero-order valence-electron chi connectivity index (χ0n) is 9.74. The molecule has 0 unspecified atom stereocenters. The summed E-state index contributed by atoms with van der Waals surface area (Å²) in [5.41, 5.74) is -0.116. The van der Waals surface area contributed by atoms with Crippen LogP contribution in [0.4, 0.5) is 10.5 Å². The highest BCUT2D eigenvalue weighted by molar-refractivity contribution is 6.44. The second kappa shape index (κ2) is 5.93. The second-order valence-corrected chi connectivity index (χ2v) is 4.11. The molecular formula is C11H11Cl2NO4. The van der Waals surface area contributed by atoms with E-state index in [0.717, 1.165) is 4.90 Å². The number of anilines is 1. The van der Waals surface area contributed by atoms with Crippen LogP contribution < -0.4 is 4.90 Å². The lowest BCUT2D eigenvalue weighted by molar-refractivity contribution is 0.0697. The standard InChI is InChI=1S/C11H11Cl2NO4/c1-3-18-11(17)14(2)9-6(10(15)16)4-5-7(12)8(9)13/h4-5H,3H2,1-2H3,(H,15,16). The van der Waals surface area contributed by atoms with Crippen LogP contribution in [0.1, 0.15) is 17.3 Å². The van der Waals surface area contributed by atoms with Crippen molar-refractivity contribution in [1.29, 1.82) is 0 Å². The van der Waals surface area contributed by atoms with Gasteiger partial charge < -0.3 is 9.84 Å². The maximum Gasteiger partial charge on any atom is 0.414 e. The van der Waals surface area contributed by atoms with Crippen LogP contribution in [0.5, 0.6) is 0 Å². The minimum absolute atomic E-state index is 0.00730. The number of hydrogen-bond acceptors (Lipinski definition) is 3. The van der Waals surface area contributed by atoms with E-state index in [4.69, 9.17) is 33.0 Å². The van der Waals surface area contributed by atoms with Gasteiger partial charge in [0.2, 0.25) is 0 Å². The molecule has 98 valence electrons. The van der Waals surface area contributed by atoms with Crippen molar-refractivity contribution >= 4 is 41.0 Å². The Morgan fingerprint density at radius 3 is 2.50 bits per heavy atom. The van der Waals surface area contributed by atoms with Crippen LogP contribution in [0.2, 0.25) is 10.0 Å². The number of rotatable bonds is 3. The Kier molecular flexibility index (Phi) is 4.81. The molecule has 0 fully saturated rings. The number of amides is 1. The van der Waals surface area contributed by atoms with Gasteiger partial charge in [0.1, 0.15) is 0 Å². The smallest absolute Gasteiger partial charge is 0.414 e. The van der Waals surface area contributed by atoms with Crippen LogP contribution in [0.15, 0.2) is 12.1 Å².